The molecule has 0 aliphatic heterocycles. The number of rotatable bonds is 4. The molecule has 4 heteroatoms. The standard InChI is InChI=1S/C14H17N3O/c1-10-8-11(4-5-13(10)18-3)12-6-7-16-14(17-12)9-15-2/h4-8,15H,9H2,1-3H3. The summed E-state index contributed by atoms with van der Waals surface area (Å²) in [7, 11) is 3.56. The monoisotopic (exact) mass is 243 g/mol. The highest BCUT2D eigenvalue weighted by Crippen LogP contribution is 2.24. The van der Waals surface area contributed by atoms with Crippen molar-refractivity contribution in [2.45, 2.75) is 13.5 Å². The Hall–Kier alpha value is -1.94. The molecule has 0 amide bonds. The Labute approximate surface area is 107 Å². The van der Waals surface area contributed by atoms with E-state index in [1.165, 1.54) is 0 Å². The van der Waals surface area contributed by atoms with Gasteiger partial charge in [0, 0.05) is 11.8 Å². The van der Waals surface area contributed by atoms with Crippen LogP contribution in [0.2, 0.25) is 0 Å². The second-order valence-corrected chi connectivity index (χ2v) is 4.07. The van der Waals surface area contributed by atoms with Gasteiger partial charge in [-0.3, -0.25) is 0 Å². The van der Waals surface area contributed by atoms with Gasteiger partial charge in [-0.15, -0.1) is 0 Å². The Balaban J connectivity index is 2.36. The first-order valence-electron chi connectivity index (χ1n) is 5.86. The number of aryl methyl sites for hydroxylation is 1. The average molecular weight is 243 g/mol. The van der Waals surface area contributed by atoms with Crippen LogP contribution in [0.3, 0.4) is 0 Å². The van der Waals surface area contributed by atoms with Crippen molar-refractivity contribution in [3.63, 3.8) is 0 Å². The summed E-state index contributed by atoms with van der Waals surface area (Å²) in [4.78, 5) is 8.73. The molecule has 94 valence electrons. The van der Waals surface area contributed by atoms with Crippen molar-refractivity contribution in [3.05, 3.63) is 41.9 Å². The van der Waals surface area contributed by atoms with Gasteiger partial charge < -0.3 is 10.1 Å². The Kier molecular flexibility index (Phi) is 3.89. The molecular formula is C14H17N3O. The summed E-state index contributed by atoms with van der Waals surface area (Å²) in [5.41, 5.74) is 3.11. The van der Waals surface area contributed by atoms with Gasteiger partial charge in [-0.2, -0.15) is 0 Å². The Morgan fingerprint density at radius 1 is 1.28 bits per heavy atom. The summed E-state index contributed by atoms with van der Waals surface area (Å²) in [6.45, 7) is 2.70. The van der Waals surface area contributed by atoms with E-state index in [0.717, 1.165) is 28.4 Å². The van der Waals surface area contributed by atoms with Crippen molar-refractivity contribution < 1.29 is 4.74 Å². The maximum Gasteiger partial charge on any atom is 0.142 e. The van der Waals surface area contributed by atoms with Crippen molar-refractivity contribution in [1.29, 1.82) is 0 Å². The molecule has 0 unspecified atom stereocenters. The zero-order chi connectivity index (χ0) is 13.0. The summed E-state index contributed by atoms with van der Waals surface area (Å²) in [6, 6.07) is 7.96. The summed E-state index contributed by atoms with van der Waals surface area (Å²) >= 11 is 0. The Morgan fingerprint density at radius 3 is 2.78 bits per heavy atom. The van der Waals surface area contributed by atoms with E-state index >= 15 is 0 Å². The lowest BCUT2D eigenvalue weighted by Gasteiger charge is -2.08. The number of hydrogen-bond donors (Lipinski definition) is 1. The lowest BCUT2D eigenvalue weighted by atomic mass is 10.1. The average Bonchev–Trinajstić information content (AvgIpc) is 2.39. The lowest BCUT2D eigenvalue weighted by Crippen LogP contribution is -2.09. The molecule has 1 heterocycles. The predicted octanol–water partition coefficient (Wildman–Crippen LogP) is 2.18. The van der Waals surface area contributed by atoms with Crippen LogP contribution in [0.5, 0.6) is 5.75 Å². The van der Waals surface area contributed by atoms with Gasteiger partial charge in [-0.05, 0) is 43.8 Å². The molecule has 2 aromatic rings. The minimum atomic E-state index is 0.670. The lowest BCUT2D eigenvalue weighted by molar-refractivity contribution is 0.412. The maximum absolute atomic E-state index is 5.26. The van der Waals surface area contributed by atoms with Crippen LogP contribution in [-0.4, -0.2) is 24.1 Å². The van der Waals surface area contributed by atoms with Crippen LogP contribution < -0.4 is 10.1 Å². The smallest absolute Gasteiger partial charge is 0.142 e. The van der Waals surface area contributed by atoms with Crippen LogP contribution in [0.1, 0.15) is 11.4 Å². The number of hydrogen-bond acceptors (Lipinski definition) is 4. The van der Waals surface area contributed by atoms with E-state index in [0.29, 0.717) is 6.54 Å². The third-order valence-electron chi connectivity index (χ3n) is 2.73. The van der Waals surface area contributed by atoms with Gasteiger partial charge in [0.15, 0.2) is 0 Å². The molecule has 0 aliphatic rings. The fourth-order valence-corrected chi connectivity index (χ4v) is 1.84. The van der Waals surface area contributed by atoms with E-state index in [9.17, 15) is 0 Å². The quantitative estimate of drug-likeness (QED) is 0.894. The Bertz CT molecular complexity index is 540. The SMILES string of the molecule is CNCc1nccc(-c2ccc(OC)c(C)c2)n1. The summed E-state index contributed by atoms with van der Waals surface area (Å²) < 4.78 is 5.26. The minimum absolute atomic E-state index is 0.670. The summed E-state index contributed by atoms with van der Waals surface area (Å²) in [5.74, 6) is 1.69. The zero-order valence-corrected chi connectivity index (χ0v) is 10.9. The molecule has 0 saturated heterocycles. The van der Waals surface area contributed by atoms with Crippen LogP contribution in [0, 0.1) is 6.92 Å². The van der Waals surface area contributed by atoms with Gasteiger partial charge in [-0.25, -0.2) is 9.97 Å². The van der Waals surface area contributed by atoms with Gasteiger partial charge >= 0.3 is 0 Å². The summed E-state index contributed by atoms with van der Waals surface area (Å²) in [5, 5.41) is 3.05. The molecule has 0 bridgehead atoms. The van der Waals surface area contributed by atoms with Crippen molar-refractivity contribution in [1.82, 2.24) is 15.3 Å². The van der Waals surface area contributed by atoms with Gasteiger partial charge in [0.25, 0.3) is 0 Å². The Morgan fingerprint density at radius 2 is 2.11 bits per heavy atom. The van der Waals surface area contributed by atoms with Gasteiger partial charge in [-0.1, -0.05) is 0 Å². The molecule has 1 aromatic carbocycles. The molecule has 1 aromatic heterocycles. The van der Waals surface area contributed by atoms with Gasteiger partial charge in [0.1, 0.15) is 11.6 Å². The first kappa shape index (κ1) is 12.5. The zero-order valence-electron chi connectivity index (χ0n) is 10.9. The highest BCUT2D eigenvalue weighted by atomic mass is 16.5. The fraction of sp³-hybridized carbons (Fsp3) is 0.286. The number of aromatic nitrogens is 2. The van der Waals surface area contributed by atoms with Crippen molar-refractivity contribution >= 4 is 0 Å². The number of nitrogens with zero attached hydrogens (tertiary/aromatic N) is 2. The minimum Gasteiger partial charge on any atom is -0.496 e. The van der Waals surface area contributed by atoms with Gasteiger partial charge in [0.2, 0.25) is 0 Å². The third-order valence-corrected chi connectivity index (χ3v) is 2.73. The largest absolute Gasteiger partial charge is 0.496 e. The molecule has 0 spiro atoms. The molecule has 0 atom stereocenters. The van der Waals surface area contributed by atoms with E-state index in [1.807, 2.05) is 32.2 Å². The normalized spacial score (nSPS) is 10.4. The molecule has 2 rings (SSSR count). The highest BCUT2D eigenvalue weighted by Gasteiger charge is 2.04. The molecule has 0 fully saturated rings. The second-order valence-electron chi connectivity index (χ2n) is 4.07. The highest BCUT2D eigenvalue weighted by molar-refractivity contribution is 5.61. The van der Waals surface area contributed by atoms with Crippen molar-refractivity contribution in [2.75, 3.05) is 14.2 Å². The predicted molar refractivity (Wildman–Crippen MR) is 71.5 cm³/mol. The number of nitrogens with one attached hydrogen (secondary N) is 1. The van der Waals surface area contributed by atoms with Crippen LogP contribution in [0.15, 0.2) is 30.5 Å². The number of ether oxygens (including phenoxy) is 1. The molecule has 4 nitrogen and oxygen atoms in total. The fourth-order valence-electron chi connectivity index (χ4n) is 1.84. The molecule has 1 N–H and O–H groups in total. The van der Waals surface area contributed by atoms with Crippen LogP contribution >= 0.6 is 0 Å². The van der Waals surface area contributed by atoms with E-state index in [4.69, 9.17) is 4.74 Å². The summed E-state index contributed by atoms with van der Waals surface area (Å²) in [6.07, 6.45) is 1.79. The van der Waals surface area contributed by atoms with Crippen molar-refractivity contribution in [3.8, 4) is 17.0 Å². The third kappa shape index (κ3) is 2.65. The van der Waals surface area contributed by atoms with Crippen LogP contribution in [0.25, 0.3) is 11.3 Å². The maximum atomic E-state index is 5.26. The van der Waals surface area contributed by atoms with E-state index < -0.39 is 0 Å². The first-order valence-corrected chi connectivity index (χ1v) is 5.86. The molecule has 0 aliphatic carbocycles. The molecule has 18 heavy (non-hydrogen) atoms. The molecular weight excluding hydrogens is 226 g/mol. The molecule has 0 saturated carbocycles. The van der Waals surface area contributed by atoms with E-state index in [-0.39, 0.29) is 0 Å². The van der Waals surface area contributed by atoms with Gasteiger partial charge in [0.05, 0.1) is 19.3 Å². The molecule has 0 radical (unpaired) electrons. The second kappa shape index (κ2) is 5.60. The van der Waals surface area contributed by atoms with Crippen molar-refractivity contribution in [2.24, 2.45) is 0 Å². The van der Waals surface area contributed by atoms with E-state index in [2.05, 4.69) is 21.4 Å². The van der Waals surface area contributed by atoms with Crippen LogP contribution in [0.4, 0.5) is 0 Å². The van der Waals surface area contributed by atoms with E-state index in [1.54, 1.807) is 13.3 Å². The van der Waals surface area contributed by atoms with Crippen LogP contribution in [-0.2, 0) is 6.54 Å². The number of benzene rings is 1. The topological polar surface area (TPSA) is 47.0 Å². The number of methoxy groups -OCH3 is 1. The first-order chi connectivity index (χ1) is 8.74.